The number of benzene rings is 4. The molecule has 0 bridgehead atoms. The predicted molar refractivity (Wildman–Crippen MR) is 113 cm³/mol. The van der Waals surface area contributed by atoms with Gasteiger partial charge in [0, 0.05) is 5.56 Å². The zero-order chi connectivity index (χ0) is 18.8. The van der Waals surface area contributed by atoms with Crippen molar-refractivity contribution in [2.45, 2.75) is 0 Å². The Morgan fingerprint density at radius 1 is 0.621 bits per heavy atom. The normalized spacial score (nSPS) is 10.5. The Morgan fingerprint density at radius 3 is 2.07 bits per heavy atom. The number of nitrogens with zero attached hydrogens (tertiary/aromatic N) is 4. The van der Waals surface area contributed by atoms with Gasteiger partial charge in [0.05, 0.1) is 11.2 Å². The Morgan fingerprint density at radius 2 is 1.28 bits per heavy atom. The molecule has 4 nitrogen and oxygen atoms in total. The van der Waals surface area contributed by atoms with Gasteiger partial charge in [-0.1, -0.05) is 90.1 Å². The monoisotopic (exact) mass is 368 g/mol. The van der Waals surface area contributed by atoms with Crippen LogP contribution in [0.25, 0.3) is 33.2 Å². The molecule has 0 saturated heterocycles. The second kappa shape index (κ2) is 8.36. The fourth-order valence-corrected chi connectivity index (χ4v) is 3.36. The maximum absolute atomic E-state index is 4.83. The summed E-state index contributed by atoms with van der Waals surface area (Å²) in [6.45, 7) is 0. The minimum atomic E-state index is 0. The van der Waals surface area contributed by atoms with Gasteiger partial charge in [-0.3, -0.25) is 0 Å². The molecule has 0 N–H and O–H groups in total. The van der Waals surface area contributed by atoms with E-state index in [-0.39, 0.29) is 18.9 Å². The quantitative estimate of drug-likeness (QED) is 0.456. The van der Waals surface area contributed by atoms with Crippen LogP contribution < -0.4 is 18.9 Å². The van der Waals surface area contributed by atoms with Gasteiger partial charge in [0.1, 0.15) is 5.52 Å². The summed E-state index contributed by atoms with van der Waals surface area (Å²) in [4.78, 5) is 0. The van der Waals surface area contributed by atoms with Crippen molar-refractivity contribution in [2.75, 3.05) is 0 Å². The third-order valence-electron chi connectivity index (χ3n) is 4.68. The van der Waals surface area contributed by atoms with Crippen molar-refractivity contribution in [1.82, 2.24) is 15.0 Å². The molecule has 5 rings (SSSR count). The van der Waals surface area contributed by atoms with E-state index >= 15 is 0 Å². The van der Waals surface area contributed by atoms with Gasteiger partial charge >= 0.3 is 18.9 Å². The van der Waals surface area contributed by atoms with Crippen LogP contribution in [0.1, 0.15) is 0 Å². The molecule has 0 amide bonds. The number of fused-ring (bicyclic) bond motifs is 1. The third kappa shape index (κ3) is 3.69. The Kier molecular flexibility index (Phi) is 5.48. The first-order chi connectivity index (χ1) is 13.9. The van der Waals surface area contributed by atoms with Crippen LogP contribution in [0.5, 0.6) is 0 Å². The van der Waals surface area contributed by atoms with E-state index < -0.39 is 0 Å². The first-order valence-corrected chi connectivity index (χ1v) is 9.16. The van der Waals surface area contributed by atoms with Crippen LogP contribution in [0, 0.1) is 0 Å². The molecule has 0 spiro atoms. The van der Waals surface area contributed by atoms with Gasteiger partial charge in [0.15, 0.2) is 0 Å². The second-order valence-corrected chi connectivity index (χ2v) is 6.47. The van der Waals surface area contributed by atoms with Crippen LogP contribution in [0.3, 0.4) is 0 Å². The number of hydrogen-bond acceptors (Lipinski definition) is 2. The van der Waals surface area contributed by atoms with Crippen molar-refractivity contribution in [1.29, 1.82) is 0 Å². The molecule has 29 heavy (non-hydrogen) atoms. The van der Waals surface area contributed by atoms with E-state index in [1.165, 1.54) is 0 Å². The summed E-state index contributed by atoms with van der Waals surface area (Å²) in [6, 6.07) is 34.3. The van der Waals surface area contributed by atoms with Crippen molar-refractivity contribution < 1.29 is 18.9 Å². The number of rotatable bonds is 4. The maximum atomic E-state index is 4.83. The molecule has 0 unspecified atom stereocenters. The molecule has 4 aromatic carbocycles. The predicted octanol–water partition coefficient (Wildman–Crippen LogP) is 3.43. The third-order valence-corrected chi connectivity index (χ3v) is 4.68. The van der Waals surface area contributed by atoms with Crippen LogP contribution in [-0.4, -0.2) is 15.0 Å². The van der Waals surface area contributed by atoms with Gasteiger partial charge < -0.3 is 5.32 Å². The molecule has 134 valence electrons. The summed E-state index contributed by atoms with van der Waals surface area (Å²) in [6.07, 6.45) is 0. The van der Waals surface area contributed by atoms with Gasteiger partial charge in [-0.15, -0.1) is 16.5 Å². The summed E-state index contributed by atoms with van der Waals surface area (Å²) >= 11 is 0. The van der Waals surface area contributed by atoms with Crippen LogP contribution in [0.2, 0.25) is 0 Å². The van der Waals surface area contributed by atoms with E-state index in [2.05, 4.69) is 22.4 Å². The molecule has 5 heteroatoms. The fraction of sp³-hybridized carbons (Fsp3) is 0. The molecule has 1 aromatic heterocycles. The molecule has 0 aliphatic carbocycles. The molecule has 5 aromatic rings. The van der Waals surface area contributed by atoms with Crippen LogP contribution in [0.4, 0.5) is 11.4 Å². The minimum absolute atomic E-state index is 0. The first kappa shape index (κ1) is 19.0. The largest absolute Gasteiger partial charge is 1.00 e. The minimum Gasteiger partial charge on any atom is -0.657 e. The molecule has 0 aliphatic heterocycles. The van der Waals surface area contributed by atoms with Crippen molar-refractivity contribution in [3.8, 4) is 16.8 Å². The van der Waals surface area contributed by atoms with Gasteiger partial charge in [-0.25, -0.2) is 4.68 Å². The van der Waals surface area contributed by atoms with Crippen molar-refractivity contribution in [2.24, 2.45) is 0 Å². The Hall–Kier alpha value is -3.32. The first-order valence-electron chi connectivity index (χ1n) is 9.16. The van der Waals surface area contributed by atoms with E-state index in [1.807, 2.05) is 95.7 Å². The van der Waals surface area contributed by atoms with E-state index in [0.29, 0.717) is 0 Å². The Bertz CT molecular complexity index is 1230. The summed E-state index contributed by atoms with van der Waals surface area (Å²) < 4.78 is 1.87. The summed E-state index contributed by atoms with van der Waals surface area (Å²) in [5.74, 6) is 0. The van der Waals surface area contributed by atoms with Crippen LogP contribution in [-0.2, 0) is 0 Å². The van der Waals surface area contributed by atoms with Crippen molar-refractivity contribution >= 4 is 22.4 Å². The molecule has 0 aliphatic rings. The van der Waals surface area contributed by atoms with Gasteiger partial charge in [-0.2, -0.15) is 0 Å². The molecule has 1 heterocycles. The maximum Gasteiger partial charge on any atom is 1.00 e. The van der Waals surface area contributed by atoms with Gasteiger partial charge in [-0.05, 0) is 23.8 Å². The fourth-order valence-electron chi connectivity index (χ4n) is 3.36. The zero-order valence-corrected chi connectivity index (χ0v) is 16.1. The van der Waals surface area contributed by atoms with Gasteiger partial charge in [0.2, 0.25) is 0 Å². The standard InChI is InChI=1S/C24H17N4.Li/c1-3-10-18(11-4-1)25-22-16-8-7-14-20(22)21-15-9-17-23-24(21)26-27-28(23)19-12-5-2-6-13-19;/h1-17H;/q-1;+1. The van der Waals surface area contributed by atoms with Crippen molar-refractivity contribution in [3.05, 3.63) is 108 Å². The van der Waals surface area contributed by atoms with E-state index in [9.17, 15) is 0 Å². The van der Waals surface area contributed by atoms with Crippen LogP contribution in [0.15, 0.2) is 103 Å². The summed E-state index contributed by atoms with van der Waals surface area (Å²) in [5.41, 5.74) is 6.72. The number of aromatic nitrogens is 3. The molecule has 0 fully saturated rings. The molecular weight excluding hydrogens is 351 g/mol. The smallest absolute Gasteiger partial charge is 0.657 e. The molecule has 0 saturated carbocycles. The van der Waals surface area contributed by atoms with Crippen molar-refractivity contribution in [3.63, 3.8) is 0 Å². The second-order valence-electron chi connectivity index (χ2n) is 6.47. The topological polar surface area (TPSA) is 44.8 Å². The molecule has 0 radical (unpaired) electrons. The van der Waals surface area contributed by atoms with E-state index in [4.69, 9.17) is 5.32 Å². The van der Waals surface area contributed by atoms with E-state index in [0.717, 1.165) is 39.2 Å². The molecular formula is C24H17LiN4. The van der Waals surface area contributed by atoms with Gasteiger partial charge in [0.25, 0.3) is 0 Å². The van der Waals surface area contributed by atoms with E-state index in [1.54, 1.807) is 0 Å². The zero-order valence-electron chi connectivity index (χ0n) is 16.1. The average Bonchev–Trinajstić information content (AvgIpc) is 3.20. The molecule has 0 atom stereocenters. The SMILES string of the molecule is [Li+].c1ccc([N-]c2ccccc2-c2cccc3c2nnn3-c2ccccc2)cc1. The number of para-hydroxylation sites is 3. The Balaban J connectivity index is 0.00000205. The average molecular weight is 368 g/mol. The Labute approximate surface area is 181 Å². The summed E-state index contributed by atoms with van der Waals surface area (Å²) in [5, 5.41) is 13.7. The number of hydrogen-bond donors (Lipinski definition) is 0. The summed E-state index contributed by atoms with van der Waals surface area (Å²) in [7, 11) is 0. The van der Waals surface area contributed by atoms with Crippen LogP contribution >= 0.6 is 0 Å².